The number of nitrogens with zero attached hydrogens (tertiary/aromatic N) is 1. The second kappa shape index (κ2) is 36.9. The summed E-state index contributed by atoms with van der Waals surface area (Å²) in [6.45, 7) is 7.24. The third-order valence-corrected chi connectivity index (χ3v) is 17.9. The first-order valence-electron chi connectivity index (χ1n) is 30.7. The van der Waals surface area contributed by atoms with Gasteiger partial charge in [0.25, 0.3) is 0 Å². The van der Waals surface area contributed by atoms with Gasteiger partial charge in [0.1, 0.15) is 54.3 Å². The van der Waals surface area contributed by atoms with Crippen LogP contribution in [0.5, 0.6) is 0 Å². The molecule has 16 heteroatoms. The van der Waals surface area contributed by atoms with Crippen LogP contribution in [0.15, 0.2) is 248 Å². The summed E-state index contributed by atoms with van der Waals surface area (Å²) in [6, 6.07) is 79.4. The predicted molar refractivity (Wildman–Crippen MR) is 353 cm³/mol. The molecule has 11 atom stereocenters. The van der Waals surface area contributed by atoms with Crippen molar-refractivity contribution in [3.63, 3.8) is 0 Å². The Morgan fingerprint density at radius 3 is 1.04 bits per heavy atom. The van der Waals surface area contributed by atoms with E-state index < -0.39 is 67.3 Å². The Morgan fingerprint density at radius 1 is 0.382 bits per heavy atom. The van der Waals surface area contributed by atoms with E-state index in [-0.39, 0.29) is 52.9 Å². The molecule has 8 aromatic carbocycles. The van der Waals surface area contributed by atoms with E-state index in [9.17, 15) is 4.89 Å². The largest absolute Gasteiger partial charge is 0.374 e. The average Bonchev–Trinajstić information content (AvgIpc) is 1.21. The fourth-order valence-electron chi connectivity index (χ4n) is 10.4. The first-order valence-corrected chi connectivity index (χ1v) is 34.2. The van der Waals surface area contributed by atoms with Crippen LogP contribution in [-0.4, -0.2) is 103 Å². The van der Waals surface area contributed by atoms with Crippen molar-refractivity contribution in [2.45, 2.75) is 132 Å². The molecular weight excluding hydrogens is 1180 g/mol. The molecule has 2 saturated heterocycles. The minimum Gasteiger partial charge on any atom is -0.374 e. The minimum absolute atomic E-state index is 0.0642. The van der Waals surface area contributed by atoms with E-state index in [4.69, 9.17) is 63.5 Å². The monoisotopic (exact) mass is 1260 g/mol. The summed E-state index contributed by atoms with van der Waals surface area (Å²) in [5, 5.41) is 0. The van der Waals surface area contributed by atoms with Gasteiger partial charge >= 0.3 is 6.72 Å². The SMILES string of the molecule is CCN(CC)CC.OP(=S)(OC[C@@H]1O[C@@H](Sc2ccccc2)[C@H](OCc2ccccc2)[C@@H](OCc2ccccc2)[C@@H]1OCc1ccccc1)O[C@H]1O[C@H](COCc2ccccc2)[C@@H](OCc2ccccc2)[C@H](OCc2ccccc2)[C@H]1OCc1ccccc1. The zero-order chi connectivity index (χ0) is 61.7. The van der Waals surface area contributed by atoms with Gasteiger partial charge < -0.3 is 56.9 Å². The van der Waals surface area contributed by atoms with Crippen molar-refractivity contribution in [2.75, 3.05) is 32.8 Å². The van der Waals surface area contributed by atoms with Gasteiger partial charge in [0, 0.05) is 4.90 Å². The molecule has 8 aromatic rings. The van der Waals surface area contributed by atoms with Crippen LogP contribution in [-0.2, 0) is 110 Å². The Bertz CT molecular complexity index is 3200. The Labute approximate surface area is 535 Å². The van der Waals surface area contributed by atoms with Crippen molar-refractivity contribution >= 4 is 30.3 Å². The number of thioether (sulfide) groups is 1. The molecule has 89 heavy (non-hydrogen) atoms. The van der Waals surface area contributed by atoms with E-state index in [1.165, 1.54) is 31.4 Å². The van der Waals surface area contributed by atoms with Crippen molar-refractivity contribution in [1.82, 2.24) is 4.90 Å². The van der Waals surface area contributed by atoms with Gasteiger partial charge in [0.05, 0.1) is 59.5 Å². The van der Waals surface area contributed by atoms with E-state index in [0.29, 0.717) is 6.61 Å². The lowest BCUT2D eigenvalue weighted by Crippen LogP contribution is -2.61. The lowest BCUT2D eigenvalue weighted by Gasteiger charge is -2.47. The second-order valence-electron chi connectivity index (χ2n) is 21.6. The molecule has 2 aliphatic rings. The summed E-state index contributed by atoms with van der Waals surface area (Å²) >= 11 is 7.55. The number of rotatable bonds is 32. The fraction of sp³-hybridized carbons (Fsp3) is 0.342. The number of hydrogen-bond acceptors (Lipinski definition) is 14. The topological polar surface area (TPSA) is 125 Å². The van der Waals surface area contributed by atoms with Gasteiger partial charge in [0.15, 0.2) is 6.29 Å². The van der Waals surface area contributed by atoms with Crippen LogP contribution in [0.3, 0.4) is 0 Å². The first kappa shape index (κ1) is 67.6. The van der Waals surface area contributed by atoms with Crippen LogP contribution in [0.1, 0.15) is 59.7 Å². The summed E-state index contributed by atoms with van der Waals surface area (Å²) in [5.41, 5.74) is 6.00. The van der Waals surface area contributed by atoms with Gasteiger partial charge in [-0.15, -0.1) is 0 Å². The van der Waals surface area contributed by atoms with Crippen LogP contribution >= 0.6 is 18.5 Å². The third kappa shape index (κ3) is 22.0. The van der Waals surface area contributed by atoms with Crippen molar-refractivity contribution < 1.29 is 56.6 Å². The lowest BCUT2D eigenvalue weighted by molar-refractivity contribution is -0.311. The van der Waals surface area contributed by atoms with Gasteiger partial charge in [-0.2, -0.15) is 0 Å². The summed E-state index contributed by atoms with van der Waals surface area (Å²) in [4.78, 5) is 15.9. The molecule has 1 unspecified atom stereocenters. The van der Waals surface area contributed by atoms with Gasteiger partial charge in [-0.1, -0.05) is 263 Å². The van der Waals surface area contributed by atoms with Crippen LogP contribution < -0.4 is 0 Å². The van der Waals surface area contributed by atoms with Crippen molar-refractivity contribution in [1.29, 1.82) is 0 Å². The highest BCUT2D eigenvalue weighted by molar-refractivity contribution is 8.07. The molecule has 13 nitrogen and oxygen atoms in total. The predicted octanol–water partition coefficient (Wildman–Crippen LogP) is 14.6. The zero-order valence-corrected chi connectivity index (χ0v) is 53.5. The van der Waals surface area contributed by atoms with Crippen molar-refractivity contribution in [3.05, 3.63) is 282 Å². The van der Waals surface area contributed by atoms with E-state index in [1.54, 1.807) is 0 Å². The molecular formula is C73H84NO12PS2. The molecule has 0 bridgehead atoms. The average molecular weight is 1260 g/mol. The zero-order valence-electron chi connectivity index (χ0n) is 51.0. The molecule has 1 N–H and O–H groups in total. The highest BCUT2D eigenvalue weighted by Gasteiger charge is 2.52. The highest BCUT2D eigenvalue weighted by atomic mass is 32.5. The Morgan fingerprint density at radius 2 is 0.685 bits per heavy atom. The standard InChI is InChI=1S/C67H69O12PS2.C6H15N/c68-80(81,76-49-59-61(71-43-52-29-13-3-14-30-52)63(73-45-54-33-17-5-18-34-54)65(75-47-56-37-21-7-22-38-56)67(78-59)82-57-39-23-8-24-40-57)79-66-64(74-46-55-35-19-6-20-36-55)62(72-44-53-31-15-4-16-32-53)60(70-42-51-27-11-2-12-28-51)58(77-66)48-69-41-50-25-9-1-10-26-50;1-4-7(5-2)6-3/h1-40,58-67H,41-49H2,(H,68,81);4-6H2,1-3H3/t58-,59+,60-,61-,62+,63+,64-,65-,66-,67+,80?;/m1./s1. The van der Waals surface area contributed by atoms with E-state index in [2.05, 4.69) is 25.7 Å². The smallest absolute Gasteiger partial charge is 0.327 e. The molecule has 0 aliphatic carbocycles. The number of hydrogen-bond donors (Lipinski definition) is 1. The lowest BCUT2D eigenvalue weighted by atomic mass is 9.98. The Hall–Kier alpha value is -5.76. The maximum Gasteiger partial charge on any atom is 0.327 e. The summed E-state index contributed by atoms with van der Waals surface area (Å²) in [7, 11) is 0. The molecule has 10 rings (SSSR count). The minimum atomic E-state index is -4.31. The van der Waals surface area contributed by atoms with Gasteiger partial charge in [-0.05, 0) is 82.5 Å². The summed E-state index contributed by atoms with van der Waals surface area (Å²) in [6.07, 6.45) is -7.88. The molecule has 0 radical (unpaired) electrons. The quantitative estimate of drug-likeness (QED) is 0.0402. The maximum atomic E-state index is 12.6. The Balaban J connectivity index is 0.00000127. The van der Waals surface area contributed by atoms with Gasteiger partial charge in [0.2, 0.25) is 0 Å². The fourth-order valence-corrected chi connectivity index (χ4v) is 12.9. The number of benzene rings is 8. The van der Waals surface area contributed by atoms with Crippen LogP contribution in [0.2, 0.25) is 0 Å². The summed E-state index contributed by atoms with van der Waals surface area (Å²) < 4.78 is 75.3. The molecule has 2 aliphatic heterocycles. The normalized spacial score (nSPS) is 22.4. The van der Waals surface area contributed by atoms with Crippen LogP contribution in [0.4, 0.5) is 0 Å². The number of ether oxygens (including phenoxy) is 9. The molecule has 470 valence electrons. The van der Waals surface area contributed by atoms with Crippen LogP contribution in [0.25, 0.3) is 0 Å². The van der Waals surface area contributed by atoms with Gasteiger partial charge in [-0.3, -0.25) is 4.52 Å². The molecule has 0 aromatic heterocycles. The second-order valence-corrected chi connectivity index (χ2v) is 25.5. The molecule has 0 amide bonds. The molecule has 2 heterocycles. The summed E-state index contributed by atoms with van der Waals surface area (Å²) in [5.74, 6) is 0. The molecule has 0 spiro atoms. The molecule has 2 fully saturated rings. The van der Waals surface area contributed by atoms with E-state index >= 15 is 0 Å². The van der Waals surface area contributed by atoms with E-state index in [0.717, 1.165) is 43.8 Å². The van der Waals surface area contributed by atoms with E-state index in [1.807, 2.05) is 243 Å². The van der Waals surface area contributed by atoms with Crippen molar-refractivity contribution in [2.24, 2.45) is 0 Å². The third-order valence-electron chi connectivity index (χ3n) is 15.3. The maximum absolute atomic E-state index is 12.6. The van der Waals surface area contributed by atoms with Crippen LogP contribution in [0, 0.1) is 0 Å². The first-order chi connectivity index (χ1) is 43.7. The van der Waals surface area contributed by atoms with Crippen molar-refractivity contribution in [3.8, 4) is 0 Å². The molecule has 0 saturated carbocycles. The Kier molecular flexibility index (Phi) is 28.1. The van der Waals surface area contributed by atoms with Gasteiger partial charge in [-0.25, -0.2) is 0 Å². The highest BCUT2D eigenvalue weighted by Crippen LogP contribution is 2.49.